The number of allylic oxidation sites excluding steroid dienone is 12. The van der Waals surface area contributed by atoms with Gasteiger partial charge in [0.1, 0.15) is 13.2 Å². The molecule has 0 aromatic heterocycles. The van der Waals surface area contributed by atoms with Crippen LogP contribution >= 0.6 is 0 Å². The Morgan fingerprint density at radius 3 is 1.06 bits per heavy atom. The average Bonchev–Trinajstić information content (AvgIpc) is 3.29. The van der Waals surface area contributed by atoms with Crippen molar-refractivity contribution in [2.24, 2.45) is 0 Å². The van der Waals surface area contributed by atoms with Crippen molar-refractivity contribution in [1.29, 1.82) is 0 Å². The standard InChI is InChI=1S/C58H100O6/c1-4-7-10-13-16-19-22-24-26-28-30-31-33-36-39-42-45-48-51-57(60)63-54-55(53-62-56(59)50-47-44-41-38-35-21-18-15-12-9-6-3)64-58(61)52-49-46-43-40-37-34-32-29-27-25-23-20-17-14-11-8-5-2/h8,11,15,17-18,20,25,27,32,34,40,43,55H,4-7,9-10,12-14,16,19,21-24,26,28-31,33,35-39,41-42,44-54H2,1-3H3/b11-8-,18-15-,20-17-,27-25-,34-32-,43-40-/t55-/m1/s1. The van der Waals surface area contributed by atoms with Gasteiger partial charge in [-0.15, -0.1) is 0 Å². The molecule has 0 saturated carbocycles. The van der Waals surface area contributed by atoms with Crippen LogP contribution in [0.15, 0.2) is 72.9 Å². The van der Waals surface area contributed by atoms with Gasteiger partial charge in [0, 0.05) is 19.3 Å². The van der Waals surface area contributed by atoms with Gasteiger partial charge < -0.3 is 14.2 Å². The van der Waals surface area contributed by atoms with Crippen molar-refractivity contribution in [2.45, 2.75) is 264 Å². The number of hydrogen-bond acceptors (Lipinski definition) is 6. The molecule has 6 heteroatoms. The number of rotatable bonds is 48. The summed E-state index contributed by atoms with van der Waals surface area (Å²) in [7, 11) is 0. The lowest BCUT2D eigenvalue weighted by Gasteiger charge is -2.18. The Kier molecular flexibility index (Phi) is 49.9. The lowest BCUT2D eigenvalue weighted by Crippen LogP contribution is -2.30. The summed E-state index contributed by atoms with van der Waals surface area (Å²) in [5, 5.41) is 0. The minimum absolute atomic E-state index is 0.0986. The van der Waals surface area contributed by atoms with Crippen molar-refractivity contribution in [2.75, 3.05) is 13.2 Å². The molecule has 64 heavy (non-hydrogen) atoms. The van der Waals surface area contributed by atoms with E-state index >= 15 is 0 Å². The Bertz CT molecular complexity index is 1210. The summed E-state index contributed by atoms with van der Waals surface area (Å²) < 4.78 is 16.8. The molecule has 0 aromatic carbocycles. The van der Waals surface area contributed by atoms with E-state index in [1.54, 1.807) is 0 Å². The summed E-state index contributed by atoms with van der Waals surface area (Å²) in [6.07, 6.45) is 66.1. The minimum Gasteiger partial charge on any atom is -0.462 e. The number of carbonyl (C=O) groups is 3. The Morgan fingerprint density at radius 2 is 0.641 bits per heavy atom. The van der Waals surface area contributed by atoms with Crippen LogP contribution in [0.25, 0.3) is 0 Å². The molecule has 368 valence electrons. The van der Waals surface area contributed by atoms with Crippen molar-refractivity contribution < 1.29 is 28.6 Å². The zero-order chi connectivity index (χ0) is 46.5. The fourth-order valence-corrected chi connectivity index (χ4v) is 7.40. The second-order valence-corrected chi connectivity index (χ2v) is 17.8. The van der Waals surface area contributed by atoms with Crippen LogP contribution in [0.1, 0.15) is 258 Å². The SMILES string of the molecule is CC/C=C\C/C=C\C/C=C\C/C=C\C/C=C\CCCC(=O)O[C@H](COC(=O)CCCCCCC/C=C\CCCC)COC(=O)CCCCCCCCCCCCCCCCCCCC. The highest BCUT2D eigenvalue weighted by Crippen LogP contribution is 2.16. The molecule has 0 heterocycles. The van der Waals surface area contributed by atoms with Crippen molar-refractivity contribution in [1.82, 2.24) is 0 Å². The molecular formula is C58H100O6. The highest BCUT2D eigenvalue weighted by atomic mass is 16.6. The molecule has 0 amide bonds. The van der Waals surface area contributed by atoms with E-state index in [1.165, 1.54) is 122 Å². The molecule has 0 spiro atoms. The highest BCUT2D eigenvalue weighted by molar-refractivity contribution is 5.71. The average molecular weight is 893 g/mol. The number of unbranched alkanes of at least 4 members (excludes halogenated alkanes) is 25. The molecule has 6 nitrogen and oxygen atoms in total. The van der Waals surface area contributed by atoms with E-state index < -0.39 is 6.10 Å². The molecule has 0 aliphatic rings. The van der Waals surface area contributed by atoms with Crippen molar-refractivity contribution in [3.63, 3.8) is 0 Å². The third-order valence-electron chi connectivity index (χ3n) is 11.4. The summed E-state index contributed by atoms with van der Waals surface area (Å²) in [5.74, 6) is -0.963. The van der Waals surface area contributed by atoms with Crippen molar-refractivity contribution in [3.8, 4) is 0 Å². The van der Waals surface area contributed by atoms with E-state index in [4.69, 9.17) is 14.2 Å². The van der Waals surface area contributed by atoms with E-state index in [0.717, 1.165) is 89.9 Å². The lowest BCUT2D eigenvalue weighted by molar-refractivity contribution is -0.167. The van der Waals surface area contributed by atoms with Gasteiger partial charge in [0.05, 0.1) is 0 Å². The first-order valence-electron chi connectivity index (χ1n) is 26.9. The van der Waals surface area contributed by atoms with Gasteiger partial charge in [-0.25, -0.2) is 0 Å². The van der Waals surface area contributed by atoms with Crippen LogP contribution in [0.5, 0.6) is 0 Å². The molecule has 0 aliphatic carbocycles. The predicted molar refractivity (Wildman–Crippen MR) is 274 cm³/mol. The second kappa shape index (κ2) is 52.5. The summed E-state index contributed by atoms with van der Waals surface area (Å²) in [6, 6.07) is 0. The van der Waals surface area contributed by atoms with Crippen LogP contribution < -0.4 is 0 Å². The molecular weight excluding hydrogens is 793 g/mol. The van der Waals surface area contributed by atoms with Crippen LogP contribution in [0.2, 0.25) is 0 Å². The summed E-state index contributed by atoms with van der Waals surface area (Å²) in [6.45, 7) is 6.45. The Balaban J connectivity index is 4.42. The normalized spacial score (nSPS) is 12.6. The fourth-order valence-electron chi connectivity index (χ4n) is 7.40. The van der Waals surface area contributed by atoms with E-state index in [0.29, 0.717) is 19.3 Å². The predicted octanol–water partition coefficient (Wildman–Crippen LogP) is 17.8. The Hall–Kier alpha value is -3.15. The number of esters is 3. The minimum atomic E-state index is -0.806. The molecule has 0 radical (unpaired) electrons. The molecule has 0 bridgehead atoms. The van der Waals surface area contributed by atoms with E-state index in [1.807, 2.05) is 0 Å². The third-order valence-corrected chi connectivity index (χ3v) is 11.4. The molecule has 1 atom stereocenters. The molecule has 0 saturated heterocycles. The first kappa shape index (κ1) is 60.9. The zero-order valence-corrected chi connectivity index (χ0v) is 42.0. The molecule has 0 unspecified atom stereocenters. The first-order valence-corrected chi connectivity index (χ1v) is 26.9. The van der Waals surface area contributed by atoms with Gasteiger partial charge in [-0.2, -0.15) is 0 Å². The van der Waals surface area contributed by atoms with Gasteiger partial charge in [-0.05, 0) is 77.0 Å². The van der Waals surface area contributed by atoms with Crippen molar-refractivity contribution >= 4 is 17.9 Å². The largest absolute Gasteiger partial charge is 0.462 e. The Morgan fingerprint density at radius 1 is 0.328 bits per heavy atom. The van der Waals surface area contributed by atoms with Gasteiger partial charge in [-0.3, -0.25) is 14.4 Å². The van der Waals surface area contributed by atoms with Gasteiger partial charge in [0.25, 0.3) is 0 Å². The molecule has 0 aromatic rings. The lowest BCUT2D eigenvalue weighted by atomic mass is 10.0. The maximum Gasteiger partial charge on any atom is 0.306 e. The van der Waals surface area contributed by atoms with Gasteiger partial charge in [0.15, 0.2) is 6.10 Å². The quantitative estimate of drug-likeness (QED) is 0.0262. The third kappa shape index (κ3) is 49.9. The first-order chi connectivity index (χ1) is 31.5. The van der Waals surface area contributed by atoms with Gasteiger partial charge in [-0.1, -0.05) is 235 Å². The summed E-state index contributed by atoms with van der Waals surface area (Å²) in [5.41, 5.74) is 0. The Labute approximate surface area is 395 Å². The fraction of sp³-hybridized carbons (Fsp3) is 0.741. The van der Waals surface area contributed by atoms with Crippen LogP contribution in [-0.4, -0.2) is 37.2 Å². The topological polar surface area (TPSA) is 78.9 Å². The molecule has 0 N–H and O–H groups in total. The molecule has 0 rings (SSSR count). The smallest absolute Gasteiger partial charge is 0.306 e. The molecule has 0 aliphatic heterocycles. The van der Waals surface area contributed by atoms with E-state index in [9.17, 15) is 14.4 Å². The summed E-state index contributed by atoms with van der Waals surface area (Å²) in [4.78, 5) is 38.0. The van der Waals surface area contributed by atoms with Crippen LogP contribution in [0.4, 0.5) is 0 Å². The number of hydrogen-bond donors (Lipinski definition) is 0. The van der Waals surface area contributed by atoms with Gasteiger partial charge >= 0.3 is 17.9 Å². The highest BCUT2D eigenvalue weighted by Gasteiger charge is 2.19. The number of carbonyl (C=O) groups excluding carboxylic acids is 3. The van der Waals surface area contributed by atoms with Gasteiger partial charge in [0.2, 0.25) is 0 Å². The van der Waals surface area contributed by atoms with Crippen LogP contribution in [0, 0.1) is 0 Å². The molecule has 0 fully saturated rings. The van der Waals surface area contributed by atoms with Crippen LogP contribution in [0.3, 0.4) is 0 Å². The second-order valence-electron chi connectivity index (χ2n) is 17.8. The summed E-state index contributed by atoms with van der Waals surface area (Å²) >= 11 is 0. The number of ether oxygens (including phenoxy) is 3. The van der Waals surface area contributed by atoms with E-state index in [2.05, 4.69) is 93.7 Å². The zero-order valence-electron chi connectivity index (χ0n) is 42.0. The maximum atomic E-state index is 12.8. The van der Waals surface area contributed by atoms with Crippen LogP contribution in [-0.2, 0) is 28.6 Å². The van der Waals surface area contributed by atoms with Crippen molar-refractivity contribution in [3.05, 3.63) is 72.9 Å². The monoisotopic (exact) mass is 893 g/mol. The maximum absolute atomic E-state index is 12.8. The van der Waals surface area contributed by atoms with E-state index in [-0.39, 0.29) is 37.5 Å².